The number of fused-ring (bicyclic) bond motifs is 1. The van der Waals surface area contributed by atoms with Crippen LogP contribution in [0.2, 0.25) is 0 Å². The van der Waals surface area contributed by atoms with Crippen molar-refractivity contribution in [1.29, 1.82) is 0 Å². The molecule has 2 atom stereocenters. The average Bonchev–Trinajstić information content (AvgIpc) is 2.90. The zero-order valence-electron chi connectivity index (χ0n) is 11.3. The van der Waals surface area contributed by atoms with E-state index in [0.29, 0.717) is 0 Å². The number of aromatic nitrogens is 1. The summed E-state index contributed by atoms with van der Waals surface area (Å²) in [6.45, 7) is 0. The molecule has 104 valence electrons. The highest BCUT2D eigenvalue weighted by molar-refractivity contribution is 9.10. The summed E-state index contributed by atoms with van der Waals surface area (Å²) in [5.41, 5.74) is 10.0. The van der Waals surface area contributed by atoms with Crippen molar-refractivity contribution in [3.05, 3.63) is 57.8 Å². The van der Waals surface area contributed by atoms with Gasteiger partial charge in [0.2, 0.25) is 0 Å². The molecule has 0 radical (unpaired) electrons. The van der Waals surface area contributed by atoms with E-state index in [-0.39, 0.29) is 12.0 Å². The molecule has 0 saturated heterocycles. The predicted molar refractivity (Wildman–Crippen MR) is 82.9 cm³/mol. The van der Waals surface area contributed by atoms with E-state index >= 15 is 0 Å². The monoisotopic (exact) mass is 332 g/mol. The van der Waals surface area contributed by atoms with Gasteiger partial charge in [-0.1, -0.05) is 28.1 Å². The van der Waals surface area contributed by atoms with Crippen molar-refractivity contribution in [3.8, 4) is 5.75 Å². The van der Waals surface area contributed by atoms with E-state index in [4.69, 9.17) is 10.5 Å². The highest BCUT2D eigenvalue weighted by Crippen LogP contribution is 2.41. The Hall–Kier alpha value is -1.39. The fourth-order valence-corrected chi connectivity index (χ4v) is 3.31. The molecule has 1 heterocycles. The summed E-state index contributed by atoms with van der Waals surface area (Å²) in [6.07, 6.45) is 3.95. The maximum atomic E-state index is 6.51. The number of methoxy groups -OCH3 is 1. The fraction of sp³-hybridized carbons (Fsp3) is 0.312. The first-order chi connectivity index (χ1) is 9.70. The van der Waals surface area contributed by atoms with Crippen LogP contribution in [0, 0.1) is 0 Å². The molecule has 0 bridgehead atoms. The summed E-state index contributed by atoms with van der Waals surface area (Å²) in [5, 5.41) is 0. The number of nitrogens with zero attached hydrogens (tertiary/aromatic N) is 1. The molecule has 2 N–H and O–H groups in total. The molecule has 2 unspecified atom stereocenters. The van der Waals surface area contributed by atoms with Crippen molar-refractivity contribution in [2.24, 2.45) is 5.73 Å². The van der Waals surface area contributed by atoms with Gasteiger partial charge in [0.05, 0.1) is 7.11 Å². The maximum Gasteiger partial charge on any atom is 0.124 e. The highest BCUT2D eigenvalue weighted by atomic mass is 79.9. The number of hydrogen-bond acceptors (Lipinski definition) is 3. The van der Waals surface area contributed by atoms with Gasteiger partial charge in [-0.25, -0.2) is 0 Å². The molecule has 2 aromatic rings. The molecule has 20 heavy (non-hydrogen) atoms. The first-order valence-corrected chi connectivity index (χ1v) is 7.53. The Morgan fingerprint density at radius 2 is 2.25 bits per heavy atom. The Morgan fingerprint density at radius 3 is 3.05 bits per heavy atom. The summed E-state index contributed by atoms with van der Waals surface area (Å²) < 4.78 is 6.46. The number of benzene rings is 1. The van der Waals surface area contributed by atoms with Crippen molar-refractivity contribution in [2.45, 2.75) is 24.8 Å². The molecule has 1 aliphatic carbocycles. The van der Waals surface area contributed by atoms with E-state index in [1.807, 2.05) is 30.5 Å². The Kier molecular flexibility index (Phi) is 3.76. The standard InChI is InChI=1S/C16H17BrN2O/c1-20-14-9-11(17)5-7-12(14)15(18)13-6-4-10-3-2-8-19-16(10)13/h2-3,5,7-9,13,15H,4,6,18H2,1H3. The van der Waals surface area contributed by atoms with Crippen LogP contribution < -0.4 is 10.5 Å². The fourth-order valence-electron chi connectivity index (χ4n) is 2.97. The van der Waals surface area contributed by atoms with Crippen LogP contribution in [0.15, 0.2) is 41.0 Å². The SMILES string of the molecule is COc1cc(Br)ccc1C(N)C1CCc2cccnc21. The van der Waals surface area contributed by atoms with Crippen LogP contribution in [-0.2, 0) is 6.42 Å². The lowest BCUT2D eigenvalue weighted by Crippen LogP contribution is -2.19. The van der Waals surface area contributed by atoms with E-state index in [1.165, 1.54) is 5.56 Å². The topological polar surface area (TPSA) is 48.1 Å². The first kappa shape index (κ1) is 13.6. The molecule has 1 aromatic heterocycles. The van der Waals surface area contributed by atoms with E-state index < -0.39 is 0 Å². The van der Waals surface area contributed by atoms with E-state index in [0.717, 1.165) is 34.3 Å². The number of halogens is 1. The first-order valence-electron chi connectivity index (χ1n) is 6.73. The number of rotatable bonds is 3. The van der Waals surface area contributed by atoms with Gasteiger partial charge in [-0.15, -0.1) is 0 Å². The summed E-state index contributed by atoms with van der Waals surface area (Å²) in [5.74, 6) is 1.09. The van der Waals surface area contributed by atoms with E-state index in [9.17, 15) is 0 Å². The minimum atomic E-state index is -0.0887. The lowest BCUT2D eigenvalue weighted by molar-refractivity contribution is 0.399. The Morgan fingerprint density at radius 1 is 1.40 bits per heavy atom. The van der Waals surface area contributed by atoms with Gasteiger partial charge in [0.15, 0.2) is 0 Å². The third-order valence-electron chi connectivity index (χ3n) is 3.99. The van der Waals surface area contributed by atoms with Gasteiger partial charge >= 0.3 is 0 Å². The van der Waals surface area contributed by atoms with Gasteiger partial charge in [-0.05, 0) is 36.6 Å². The molecule has 3 rings (SSSR count). The van der Waals surface area contributed by atoms with E-state index in [2.05, 4.69) is 27.0 Å². The van der Waals surface area contributed by atoms with Crippen LogP contribution in [0.3, 0.4) is 0 Å². The molecule has 0 fully saturated rings. The molecule has 0 aliphatic heterocycles. The number of hydrogen-bond donors (Lipinski definition) is 1. The van der Waals surface area contributed by atoms with Gasteiger partial charge in [0.1, 0.15) is 5.75 Å². The van der Waals surface area contributed by atoms with Gasteiger partial charge in [-0.3, -0.25) is 4.98 Å². The van der Waals surface area contributed by atoms with Crippen molar-refractivity contribution >= 4 is 15.9 Å². The Labute approximate surface area is 127 Å². The van der Waals surface area contributed by atoms with Crippen LogP contribution >= 0.6 is 15.9 Å². The average molecular weight is 333 g/mol. The Balaban J connectivity index is 1.96. The zero-order valence-corrected chi connectivity index (χ0v) is 12.9. The van der Waals surface area contributed by atoms with Crippen molar-refractivity contribution in [1.82, 2.24) is 4.98 Å². The third kappa shape index (κ3) is 2.34. The number of ether oxygens (including phenoxy) is 1. The summed E-state index contributed by atoms with van der Waals surface area (Å²) in [7, 11) is 1.68. The molecule has 3 nitrogen and oxygen atoms in total. The number of pyridine rings is 1. The maximum absolute atomic E-state index is 6.51. The normalized spacial score (nSPS) is 18.6. The van der Waals surface area contributed by atoms with Crippen LogP contribution in [0.25, 0.3) is 0 Å². The highest BCUT2D eigenvalue weighted by Gasteiger charge is 2.31. The second kappa shape index (κ2) is 5.54. The number of aryl methyl sites for hydroxylation is 1. The zero-order chi connectivity index (χ0) is 14.1. The van der Waals surface area contributed by atoms with Crippen LogP contribution in [-0.4, -0.2) is 12.1 Å². The van der Waals surface area contributed by atoms with Crippen molar-refractivity contribution in [3.63, 3.8) is 0 Å². The van der Waals surface area contributed by atoms with Crippen LogP contribution in [0.1, 0.15) is 35.2 Å². The second-order valence-electron chi connectivity index (χ2n) is 5.10. The van der Waals surface area contributed by atoms with E-state index in [1.54, 1.807) is 7.11 Å². The van der Waals surface area contributed by atoms with Gasteiger partial charge in [0.25, 0.3) is 0 Å². The molecular weight excluding hydrogens is 316 g/mol. The lowest BCUT2D eigenvalue weighted by atomic mass is 9.91. The molecule has 1 aromatic carbocycles. The second-order valence-corrected chi connectivity index (χ2v) is 6.02. The van der Waals surface area contributed by atoms with Crippen molar-refractivity contribution in [2.75, 3.05) is 7.11 Å². The molecule has 0 spiro atoms. The predicted octanol–water partition coefficient (Wildman–Crippen LogP) is 3.58. The lowest BCUT2D eigenvalue weighted by Gasteiger charge is -2.22. The van der Waals surface area contributed by atoms with Crippen LogP contribution in [0.5, 0.6) is 5.75 Å². The van der Waals surface area contributed by atoms with Crippen LogP contribution in [0.4, 0.5) is 0 Å². The molecule has 0 amide bonds. The third-order valence-corrected chi connectivity index (χ3v) is 4.48. The summed E-state index contributed by atoms with van der Waals surface area (Å²) in [4.78, 5) is 4.53. The molecule has 4 heteroatoms. The number of nitrogens with two attached hydrogens (primary N) is 1. The van der Waals surface area contributed by atoms with Gasteiger partial charge < -0.3 is 10.5 Å². The smallest absolute Gasteiger partial charge is 0.124 e. The van der Waals surface area contributed by atoms with Gasteiger partial charge in [-0.2, -0.15) is 0 Å². The Bertz CT molecular complexity index is 630. The quantitative estimate of drug-likeness (QED) is 0.934. The molecular formula is C16H17BrN2O. The van der Waals surface area contributed by atoms with Gasteiger partial charge in [0, 0.05) is 33.9 Å². The minimum Gasteiger partial charge on any atom is -0.496 e. The van der Waals surface area contributed by atoms with Crippen molar-refractivity contribution < 1.29 is 4.74 Å². The minimum absolute atomic E-state index is 0.0887. The molecule has 0 saturated carbocycles. The summed E-state index contributed by atoms with van der Waals surface area (Å²) in [6, 6.07) is 10.1. The molecule has 1 aliphatic rings. The largest absolute Gasteiger partial charge is 0.496 e. The summed E-state index contributed by atoms with van der Waals surface area (Å²) >= 11 is 3.46.